The van der Waals surface area contributed by atoms with E-state index in [0.717, 1.165) is 13.2 Å². The number of hydrogen-bond donors (Lipinski definition) is 0. The van der Waals surface area contributed by atoms with E-state index in [1.165, 1.54) is 51.4 Å². The zero-order valence-electron chi connectivity index (χ0n) is 12.6. The Morgan fingerprint density at radius 3 is 1.59 bits per heavy atom. The Balaban J connectivity index is 0. The van der Waals surface area contributed by atoms with Crippen molar-refractivity contribution in [2.24, 2.45) is 0 Å². The third-order valence-electron chi connectivity index (χ3n) is 2.68. The topological polar surface area (TPSA) is 9.23 Å². The summed E-state index contributed by atoms with van der Waals surface area (Å²) >= 11 is 0. The molecule has 0 aliphatic rings. The van der Waals surface area contributed by atoms with Gasteiger partial charge in [0.15, 0.2) is 0 Å². The number of unbranched alkanes of at least 4 members (excludes halogenated alkanes) is 7. The van der Waals surface area contributed by atoms with E-state index in [-0.39, 0.29) is 0 Å². The van der Waals surface area contributed by atoms with Crippen molar-refractivity contribution in [3.8, 4) is 0 Å². The summed E-state index contributed by atoms with van der Waals surface area (Å²) in [4.78, 5) is 0. The fourth-order valence-electron chi connectivity index (χ4n) is 1.48. The van der Waals surface area contributed by atoms with E-state index in [2.05, 4.69) is 13.8 Å². The van der Waals surface area contributed by atoms with Gasteiger partial charge in [-0.15, -0.1) is 0 Å². The second-order valence-corrected chi connectivity index (χ2v) is 4.34. The second kappa shape index (κ2) is 21.0. The van der Waals surface area contributed by atoms with Crippen LogP contribution in [0.25, 0.3) is 0 Å². The molecule has 0 spiro atoms. The summed E-state index contributed by atoms with van der Waals surface area (Å²) < 4.78 is 5.28. The third-order valence-corrected chi connectivity index (χ3v) is 2.68. The van der Waals surface area contributed by atoms with E-state index in [0.29, 0.717) is 0 Å². The van der Waals surface area contributed by atoms with Crippen molar-refractivity contribution in [1.29, 1.82) is 0 Å². The predicted molar refractivity (Wildman–Crippen MR) is 79.6 cm³/mol. The van der Waals surface area contributed by atoms with Gasteiger partial charge in [0.2, 0.25) is 0 Å². The molecule has 0 aliphatic carbocycles. The number of ether oxygens (including phenoxy) is 1. The first-order valence-electron chi connectivity index (χ1n) is 7.48. The molecule has 0 heterocycles. The number of rotatable bonds is 10. The van der Waals surface area contributed by atoms with Crippen LogP contribution >= 0.6 is 0 Å². The van der Waals surface area contributed by atoms with Crippen LogP contribution in [0.4, 0.5) is 0 Å². The van der Waals surface area contributed by atoms with Crippen molar-refractivity contribution in [3.05, 3.63) is 12.2 Å². The minimum atomic E-state index is 0.872. The highest BCUT2D eigenvalue weighted by atomic mass is 16.5. The molecule has 0 aromatic rings. The Bertz CT molecular complexity index is 115. The summed E-state index contributed by atoms with van der Waals surface area (Å²) in [5, 5.41) is 0. The van der Waals surface area contributed by atoms with Crippen LogP contribution in [0.15, 0.2) is 12.2 Å². The van der Waals surface area contributed by atoms with Crippen molar-refractivity contribution in [2.45, 2.75) is 79.1 Å². The number of allylic oxidation sites excluding steroid dienone is 2. The SMILES string of the molecule is CC=CC.CCCCCCCCCCOCC. The molecule has 104 valence electrons. The minimum Gasteiger partial charge on any atom is -0.382 e. The molecule has 0 aromatic heterocycles. The smallest absolute Gasteiger partial charge is 0.0465 e. The number of hydrogen-bond acceptors (Lipinski definition) is 1. The van der Waals surface area contributed by atoms with Crippen LogP contribution in [0.2, 0.25) is 0 Å². The van der Waals surface area contributed by atoms with Gasteiger partial charge in [0.05, 0.1) is 0 Å². The van der Waals surface area contributed by atoms with E-state index < -0.39 is 0 Å². The highest BCUT2D eigenvalue weighted by Gasteiger charge is 1.90. The molecular weight excluding hydrogens is 208 g/mol. The molecule has 0 radical (unpaired) electrons. The molecule has 1 heteroatoms. The summed E-state index contributed by atoms with van der Waals surface area (Å²) in [7, 11) is 0. The minimum absolute atomic E-state index is 0.872. The first-order valence-corrected chi connectivity index (χ1v) is 7.48. The predicted octanol–water partition coefficient (Wildman–Crippen LogP) is 5.75. The Morgan fingerprint density at radius 2 is 1.18 bits per heavy atom. The average molecular weight is 242 g/mol. The molecule has 0 fully saturated rings. The van der Waals surface area contributed by atoms with Crippen molar-refractivity contribution >= 4 is 0 Å². The highest BCUT2D eigenvalue weighted by Crippen LogP contribution is 2.08. The molecule has 0 aromatic carbocycles. The molecule has 0 rings (SSSR count). The van der Waals surface area contributed by atoms with Gasteiger partial charge in [-0.3, -0.25) is 0 Å². The Hall–Kier alpha value is -0.300. The molecule has 0 saturated heterocycles. The molecule has 0 bridgehead atoms. The van der Waals surface area contributed by atoms with Crippen LogP contribution in [-0.4, -0.2) is 13.2 Å². The normalized spacial score (nSPS) is 10.4. The summed E-state index contributed by atoms with van der Waals surface area (Å²) in [6, 6.07) is 0. The molecule has 0 saturated carbocycles. The van der Waals surface area contributed by atoms with Crippen LogP contribution in [-0.2, 0) is 4.74 Å². The molecule has 0 atom stereocenters. The lowest BCUT2D eigenvalue weighted by molar-refractivity contribution is 0.143. The summed E-state index contributed by atoms with van der Waals surface area (Å²) in [6.07, 6.45) is 15.1. The van der Waals surface area contributed by atoms with Crippen LogP contribution < -0.4 is 0 Å². The Labute approximate surface area is 110 Å². The van der Waals surface area contributed by atoms with Crippen molar-refractivity contribution in [3.63, 3.8) is 0 Å². The largest absolute Gasteiger partial charge is 0.382 e. The average Bonchev–Trinajstić information content (AvgIpc) is 2.37. The van der Waals surface area contributed by atoms with E-state index in [4.69, 9.17) is 4.74 Å². The molecule has 17 heavy (non-hydrogen) atoms. The zero-order chi connectivity index (χ0) is 13.2. The van der Waals surface area contributed by atoms with Gasteiger partial charge in [-0.2, -0.15) is 0 Å². The van der Waals surface area contributed by atoms with Crippen molar-refractivity contribution < 1.29 is 4.74 Å². The molecule has 0 aliphatic heterocycles. The maximum atomic E-state index is 5.28. The maximum absolute atomic E-state index is 5.28. The van der Waals surface area contributed by atoms with Gasteiger partial charge in [0.25, 0.3) is 0 Å². The second-order valence-electron chi connectivity index (χ2n) is 4.34. The standard InChI is InChI=1S/C12H26O.C4H8/c1-3-5-6-7-8-9-10-11-12-13-4-2;1-3-4-2/h3-12H2,1-2H3;3-4H,1-2H3. The van der Waals surface area contributed by atoms with Gasteiger partial charge >= 0.3 is 0 Å². The van der Waals surface area contributed by atoms with Gasteiger partial charge in [-0.1, -0.05) is 64.0 Å². The first kappa shape index (κ1) is 19.0. The lowest BCUT2D eigenvalue weighted by Gasteiger charge is -2.01. The third kappa shape index (κ3) is 25.7. The highest BCUT2D eigenvalue weighted by molar-refractivity contribution is 4.68. The first-order chi connectivity index (χ1) is 8.33. The van der Waals surface area contributed by atoms with Gasteiger partial charge in [-0.25, -0.2) is 0 Å². The lowest BCUT2D eigenvalue weighted by atomic mass is 10.1. The molecule has 0 unspecified atom stereocenters. The lowest BCUT2D eigenvalue weighted by Crippen LogP contribution is -1.92. The van der Waals surface area contributed by atoms with Crippen molar-refractivity contribution in [2.75, 3.05) is 13.2 Å². The van der Waals surface area contributed by atoms with E-state index >= 15 is 0 Å². The quantitative estimate of drug-likeness (QED) is 0.350. The summed E-state index contributed by atoms with van der Waals surface area (Å²) in [5.41, 5.74) is 0. The molecule has 0 N–H and O–H groups in total. The van der Waals surface area contributed by atoms with Gasteiger partial charge in [-0.05, 0) is 27.2 Å². The fourth-order valence-corrected chi connectivity index (χ4v) is 1.48. The van der Waals surface area contributed by atoms with E-state index in [9.17, 15) is 0 Å². The maximum Gasteiger partial charge on any atom is 0.0465 e. The van der Waals surface area contributed by atoms with E-state index in [1.54, 1.807) is 0 Å². The van der Waals surface area contributed by atoms with E-state index in [1.807, 2.05) is 26.0 Å². The van der Waals surface area contributed by atoms with Gasteiger partial charge in [0.1, 0.15) is 0 Å². The van der Waals surface area contributed by atoms with Crippen LogP contribution in [0.1, 0.15) is 79.1 Å². The molecule has 1 nitrogen and oxygen atoms in total. The molecule has 0 amide bonds. The van der Waals surface area contributed by atoms with Crippen LogP contribution in [0.5, 0.6) is 0 Å². The monoisotopic (exact) mass is 242 g/mol. The van der Waals surface area contributed by atoms with Gasteiger partial charge in [0, 0.05) is 13.2 Å². The van der Waals surface area contributed by atoms with Crippen molar-refractivity contribution in [1.82, 2.24) is 0 Å². The van der Waals surface area contributed by atoms with Crippen LogP contribution in [0, 0.1) is 0 Å². The van der Waals surface area contributed by atoms with Crippen LogP contribution in [0.3, 0.4) is 0 Å². The molecular formula is C16H34O. The fraction of sp³-hybridized carbons (Fsp3) is 0.875. The summed E-state index contributed by atoms with van der Waals surface area (Å²) in [6.45, 7) is 10.2. The zero-order valence-corrected chi connectivity index (χ0v) is 12.6. The Morgan fingerprint density at radius 1 is 0.706 bits per heavy atom. The summed E-state index contributed by atoms with van der Waals surface area (Å²) in [5.74, 6) is 0. The Kier molecular flexibility index (Phi) is 23.6. The van der Waals surface area contributed by atoms with Gasteiger partial charge < -0.3 is 4.74 Å².